The Morgan fingerprint density at radius 3 is 0.515 bits per heavy atom. The van der Waals surface area contributed by atoms with Crippen molar-refractivity contribution < 1.29 is 76.3 Å². The van der Waals surface area contributed by atoms with Gasteiger partial charge in [-0.25, -0.2) is 38.4 Å². The Bertz CT molecular complexity index is 2110. The van der Waals surface area contributed by atoms with Crippen LogP contribution in [-0.4, -0.2) is 145 Å². The number of esters is 8. The first-order chi connectivity index (χ1) is 31.3. The summed E-state index contributed by atoms with van der Waals surface area (Å²) < 4.78 is 36.9. The number of aromatic nitrogens is 8. The summed E-state index contributed by atoms with van der Waals surface area (Å²) in [6.07, 6.45) is 0. The van der Waals surface area contributed by atoms with E-state index in [0.29, 0.717) is 22.8 Å². The molecule has 24 nitrogen and oxygen atoms in total. The van der Waals surface area contributed by atoms with Crippen LogP contribution in [0.5, 0.6) is 0 Å². The van der Waals surface area contributed by atoms with Gasteiger partial charge in [0.15, 0.2) is 22.8 Å². The molecule has 4 rings (SSSR count). The number of carbonyl (C=O) groups is 8. The second-order valence-electron chi connectivity index (χ2n) is 18.2. The highest BCUT2D eigenvalue weighted by Crippen LogP contribution is 2.30. The standard InChI is InChI=1S/4C11H16N2O4/c4*1-11(2,3)8-6(9(14)16-4)7(12-13-8)10(15)17-5/h4*1-5H3,(H,12,13). The fourth-order valence-corrected chi connectivity index (χ4v) is 5.72. The van der Waals surface area contributed by atoms with Gasteiger partial charge in [-0.2, -0.15) is 20.4 Å². The van der Waals surface area contributed by atoms with Crippen LogP contribution in [-0.2, 0) is 59.6 Å². The van der Waals surface area contributed by atoms with E-state index in [1.165, 1.54) is 56.9 Å². The fraction of sp³-hybridized carbons (Fsp3) is 0.545. The normalized spacial score (nSPS) is 11.1. The number of ether oxygens (including phenoxy) is 8. The Hall–Kier alpha value is -7.40. The van der Waals surface area contributed by atoms with Crippen molar-refractivity contribution in [1.29, 1.82) is 0 Å². The third-order valence-corrected chi connectivity index (χ3v) is 9.14. The Kier molecular flexibility index (Phi) is 20.6. The van der Waals surface area contributed by atoms with Crippen molar-refractivity contribution in [2.24, 2.45) is 0 Å². The molecule has 0 aliphatic carbocycles. The molecule has 4 aromatic rings. The molecule has 0 bridgehead atoms. The monoisotopic (exact) mass is 960 g/mol. The summed E-state index contributed by atoms with van der Waals surface area (Å²) in [5.74, 6) is -5.11. The summed E-state index contributed by atoms with van der Waals surface area (Å²) in [6, 6.07) is 0. The molecule has 4 heterocycles. The molecular formula is C44H64N8O16. The lowest BCUT2D eigenvalue weighted by Gasteiger charge is -2.17. The van der Waals surface area contributed by atoms with E-state index in [1.807, 2.05) is 83.1 Å². The molecule has 4 N–H and O–H groups in total. The minimum Gasteiger partial charge on any atom is -0.465 e. The Morgan fingerprint density at radius 2 is 0.412 bits per heavy atom. The summed E-state index contributed by atoms with van der Waals surface area (Å²) in [4.78, 5) is 92.7. The van der Waals surface area contributed by atoms with Crippen molar-refractivity contribution in [3.63, 3.8) is 0 Å². The van der Waals surface area contributed by atoms with Gasteiger partial charge in [-0.1, -0.05) is 83.1 Å². The van der Waals surface area contributed by atoms with Crippen LogP contribution < -0.4 is 0 Å². The number of nitrogens with one attached hydrogen (secondary N) is 4. The van der Waals surface area contributed by atoms with Crippen LogP contribution in [0.2, 0.25) is 0 Å². The van der Waals surface area contributed by atoms with E-state index >= 15 is 0 Å². The lowest BCUT2D eigenvalue weighted by atomic mass is 9.88. The molecular weight excluding hydrogens is 897 g/mol. The second-order valence-corrected chi connectivity index (χ2v) is 18.2. The number of hydrogen-bond acceptors (Lipinski definition) is 20. The van der Waals surface area contributed by atoms with E-state index in [0.717, 1.165) is 0 Å². The fourth-order valence-electron chi connectivity index (χ4n) is 5.72. The van der Waals surface area contributed by atoms with Crippen molar-refractivity contribution in [3.8, 4) is 0 Å². The molecule has 0 aromatic carbocycles. The Morgan fingerprint density at radius 1 is 0.279 bits per heavy atom. The number of carbonyl (C=O) groups excluding carboxylic acids is 8. The molecule has 376 valence electrons. The third kappa shape index (κ3) is 14.3. The molecule has 0 atom stereocenters. The van der Waals surface area contributed by atoms with Crippen LogP contribution in [0, 0.1) is 0 Å². The number of methoxy groups -OCH3 is 8. The second kappa shape index (κ2) is 23.9. The molecule has 24 heteroatoms. The van der Waals surface area contributed by atoms with E-state index in [4.69, 9.17) is 0 Å². The Balaban J connectivity index is 0.000000453. The molecule has 0 spiro atoms. The van der Waals surface area contributed by atoms with E-state index in [-0.39, 0.29) is 66.7 Å². The molecule has 0 saturated carbocycles. The summed E-state index contributed by atoms with van der Waals surface area (Å²) in [7, 11) is 9.94. The molecule has 68 heavy (non-hydrogen) atoms. The van der Waals surface area contributed by atoms with Gasteiger partial charge in [-0.15, -0.1) is 0 Å². The van der Waals surface area contributed by atoms with Gasteiger partial charge in [-0.3, -0.25) is 20.4 Å². The van der Waals surface area contributed by atoms with Crippen molar-refractivity contribution >= 4 is 47.8 Å². The molecule has 0 unspecified atom stereocenters. The quantitative estimate of drug-likeness (QED) is 0.131. The van der Waals surface area contributed by atoms with Crippen LogP contribution in [0.3, 0.4) is 0 Å². The average Bonchev–Trinajstić information content (AvgIpc) is 4.11. The van der Waals surface area contributed by atoms with Gasteiger partial charge < -0.3 is 37.9 Å². The van der Waals surface area contributed by atoms with Gasteiger partial charge in [0.05, 0.1) is 79.7 Å². The minimum absolute atomic E-state index is 0.0516. The predicted octanol–water partition coefficient (Wildman–Crippen LogP) is 5.12. The van der Waals surface area contributed by atoms with Gasteiger partial charge in [-0.05, 0) is 0 Å². The first-order valence-electron chi connectivity index (χ1n) is 20.3. The van der Waals surface area contributed by atoms with Gasteiger partial charge in [0, 0.05) is 21.7 Å². The summed E-state index contributed by atoms with van der Waals surface area (Å²) in [5, 5.41) is 26.1. The van der Waals surface area contributed by atoms with Crippen LogP contribution >= 0.6 is 0 Å². The van der Waals surface area contributed by atoms with Crippen LogP contribution in [0.15, 0.2) is 0 Å². The summed E-state index contributed by atoms with van der Waals surface area (Å²) in [6.45, 7) is 22.8. The van der Waals surface area contributed by atoms with Gasteiger partial charge in [0.1, 0.15) is 22.3 Å². The molecule has 0 saturated heterocycles. The topological polar surface area (TPSA) is 325 Å². The van der Waals surface area contributed by atoms with E-state index in [9.17, 15) is 38.4 Å². The molecule has 0 aliphatic rings. The zero-order chi connectivity index (χ0) is 52.9. The summed E-state index contributed by atoms with van der Waals surface area (Å²) >= 11 is 0. The van der Waals surface area contributed by atoms with Gasteiger partial charge >= 0.3 is 47.8 Å². The van der Waals surface area contributed by atoms with Crippen LogP contribution in [0.4, 0.5) is 0 Å². The number of rotatable bonds is 8. The zero-order valence-corrected chi connectivity index (χ0v) is 42.3. The lowest BCUT2D eigenvalue weighted by Crippen LogP contribution is -2.19. The van der Waals surface area contributed by atoms with Crippen LogP contribution in [0.25, 0.3) is 0 Å². The summed E-state index contributed by atoms with van der Waals surface area (Å²) in [5.41, 5.74) is 1.07. The first kappa shape index (κ1) is 58.6. The molecule has 0 fully saturated rings. The first-order valence-corrected chi connectivity index (χ1v) is 20.3. The van der Waals surface area contributed by atoms with Gasteiger partial charge in [0.2, 0.25) is 0 Å². The Labute approximate surface area is 393 Å². The maximum atomic E-state index is 11.7. The van der Waals surface area contributed by atoms with E-state index < -0.39 is 47.8 Å². The number of aromatic amines is 4. The van der Waals surface area contributed by atoms with Gasteiger partial charge in [0.25, 0.3) is 0 Å². The highest BCUT2D eigenvalue weighted by atomic mass is 16.6. The largest absolute Gasteiger partial charge is 0.465 e. The smallest absolute Gasteiger partial charge is 0.359 e. The molecule has 4 aromatic heterocycles. The van der Waals surface area contributed by atoms with E-state index in [2.05, 4.69) is 78.7 Å². The highest BCUT2D eigenvalue weighted by Gasteiger charge is 2.35. The predicted molar refractivity (Wildman–Crippen MR) is 240 cm³/mol. The van der Waals surface area contributed by atoms with Crippen molar-refractivity contribution in [3.05, 3.63) is 67.8 Å². The lowest BCUT2D eigenvalue weighted by molar-refractivity contribution is 0.0550. The van der Waals surface area contributed by atoms with Crippen molar-refractivity contribution in [2.75, 3.05) is 56.9 Å². The maximum absolute atomic E-state index is 11.7. The molecule has 0 radical (unpaired) electrons. The maximum Gasteiger partial charge on any atom is 0.359 e. The number of hydrogen-bond donors (Lipinski definition) is 4. The SMILES string of the molecule is COC(=O)c1n[nH]c(C(C)(C)C)c1C(=O)OC.COC(=O)c1n[nH]c(C(C)(C)C)c1C(=O)OC.COC(=O)c1n[nH]c(C(C)(C)C)c1C(=O)OC.COC(=O)c1n[nH]c(C(C)(C)C)c1C(=O)OC. The van der Waals surface area contributed by atoms with Crippen molar-refractivity contribution in [2.45, 2.75) is 105 Å². The molecule has 0 aliphatic heterocycles. The van der Waals surface area contributed by atoms with E-state index in [1.54, 1.807) is 0 Å². The average molecular weight is 961 g/mol. The highest BCUT2D eigenvalue weighted by molar-refractivity contribution is 6.05. The minimum atomic E-state index is -0.669. The van der Waals surface area contributed by atoms with Crippen molar-refractivity contribution in [1.82, 2.24) is 40.8 Å². The number of H-pyrrole nitrogens is 4. The van der Waals surface area contributed by atoms with Crippen LogP contribution in [0.1, 0.15) is 189 Å². The zero-order valence-electron chi connectivity index (χ0n) is 42.3. The third-order valence-electron chi connectivity index (χ3n) is 9.14. The molecule has 0 amide bonds. The number of nitrogens with zero attached hydrogens (tertiary/aromatic N) is 4.